The Labute approximate surface area is 210 Å². The van der Waals surface area contributed by atoms with Crippen LogP contribution in [0, 0.1) is 11.3 Å². The Kier molecular flexibility index (Phi) is 8.58. The largest absolute Gasteiger partial charge is 0.467 e. The van der Waals surface area contributed by atoms with Gasteiger partial charge in [-0.2, -0.15) is 5.26 Å². The van der Waals surface area contributed by atoms with E-state index >= 15 is 0 Å². The number of nitrogens with one attached hydrogen (secondary N) is 1. The van der Waals surface area contributed by atoms with Crippen LogP contribution in [-0.2, 0) is 16.1 Å². The highest BCUT2D eigenvalue weighted by atomic mass is 28.3. The highest BCUT2D eigenvalue weighted by Gasteiger charge is 2.27. The van der Waals surface area contributed by atoms with Gasteiger partial charge >= 0.3 is 0 Å². The molecule has 2 unspecified atom stereocenters. The standard InChI is InChI=1S/C29H36N2O3Si/c1-35(2,3)15-14-32-21-34-28-17-23(16-25-6-4-5-7-26(25)28)20-33-29-19-31-13-12-27(29)24-10-8-22(18-30)9-11-24/h4-11,16-17,27,29,31H,12-15,19-21H2,1-3H3. The lowest BCUT2D eigenvalue weighted by Crippen LogP contribution is -2.40. The summed E-state index contributed by atoms with van der Waals surface area (Å²) in [5.41, 5.74) is 3.01. The SMILES string of the molecule is C[Si](C)(C)CCOCOc1cc(COC2CNCCC2c2ccc(C#N)cc2)cc2ccccc12. The molecule has 1 aliphatic heterocycles. The molecule has 4 rings (SSSR count). The average Bonchev–Trinajstić information content (AvgIpc) is 2.87. The van der Waals surface area contributed by atoms with Crippen molar-refractivity contribution in [2.45, 2.75) is 50.7 Å². The molecule has 2 atom stereocenters. The summed E-state index contributed by atoms with van der Waals surface area (Å²) >= 11 is 0. The average molecular weight is 489 g/mol. The Morgan fingerprint density at radius 3 is 2.63 bits per heavy atom. The zero-order valence-corrected chi connectivity index (χ0v) is 22.0. The maximum absolute atomic E-state index is 9.11. The summed E-state index contributed by atoms with van der Waals surface area (Å²) in [7, 11) is -1.12. The summed E-state index contributed by atoms with van der Waals surface area (Å²) in [6.07, 6.45) is 1.08. The van der Waals surface area contributed by atoms with Gasteiger partial charge in [-0.3, -0.25) is 0 Å². The molecule has 1 fully saturated rings. The van der Waals surface area contributed by atoms with Gasteiger partial charge in [0.15, 0.2) is 6.79 Å². The van der Waals surface area contributed by atoms with Crippen LogP contribution in [0.2, 0.25) is 25.7 Å². The zero-order chi connectivity index (χ0) is 24.7. The Hall–Kier alpha value is -2.69. The second kappa shape index (κ2) is 11.8. The second-order valence-corrected chi connectivity index (χ2v) is 16.1. The molecule has 0 amide bonds. The highest BCUT2D eigenvalue weighted by molar-refractivity contribution is 6.76. The van der Waals surface area contributed by atoms with Gasteiger partial charge in [0.1, 0.15) is 5.75 Å². The lowest BCUT2D eigenvalue weighted by Gasteiger charge is -2.32. The van der Waals surface area contributed by atoms with E-state index < -0.39 is 8.07 Å². The van der Waals surface area contributed by atoms with Crippen LogP contribution in [-0.4, -0.2) is 40.7 Å². The molecule has 35 heavy (non-hydrogen) atoms. The molecule has 1 N–H and O–H groups in total. The third-order valence-electron chi connectivity index (χ3n) is 6.54. The molecule has 1 heterocycles. The number of benzene rings is 3. The number of hydrogen-bond donors (Lipinski definition) is 1. The first-order valence-corrected chi connectivity index (χ1v) is 16.2. The van der Waals surface area contributed by atoms with Crippen LogP contribution in [0.25, 0.3) is 10.8 Å². The fourth-order valence-corrected chi connectivity index (χ4v) is 5.23. The zero-order valence-electron chi connectivity index (χ0n) is 21.0. The quantitative estimate of drug-likeness (QED) is 0.213. The first-order valence-electron chi connectivity index (χ1n) is 12.5. The van der Waals surface area contributed by atoms with Crippen LogP contribution in [0.15, 0.2) is 60.7 Å². The van der Waals surface area contributed by atoms with E-state index in [0.29, 0.717) is 18.1 Å². The number of rotatable bonds is 10. The number of ether oxygens (including phenoxy) is 3. The van der Waals surface area contributed by atoms with Crippen LogP contribution < -0.4 is 10.1 Å². The molecule has 0 radical (unpaired) electrons. The minimum atomic E-state index is -1.12. The topological polar surface area (TPSA) is 63.5 Å². The van der Waals surface area contributed by atoms with E-state index in [4.69, 9.17) is 19.5 Å². The second-order valence-electron chi connectivity index (χ2n) is 10.5. The minimum absolute atomic E-state index is 0.0671. The van der Waals surface area contributed by atoms with Gasteiger partial charge in [0.05, 0.1) is 24.3 Å². The first kappa shape index (κ1) is 25.4. The number of hydrogen-bond acceptors (Lipinski definition) is 5. The molecule has 0 saturated carbocycles. The molecular weight excluding hydrogens is 452 g/mol. The van der Waals surface area contributed by atoms with Crippen molar-refractivity contribution in [2.75, 3.05) is 26.5 Å². The van der Waals surface area contributed by atoms with Gasteiger partial charge < -0.3 is 19.5 Å². The van der Waals surface area contributed by atoms with Gasteiger partial charge in [0.25, 0.3) is 0 Å². The fraction of sp³-hybridized carbons (Fsp3) is 0.414. The number of nitrogens with zero attached hydrogens (tertiary/aromatic N) is 1. The first-order chi connectivity index (χ1) is 16.9. The molecule has 1 aliphatic rings. The Morgan fingerprint density at radius 2 is 1.86 bits per heavy atom. The maximum atomic E-state index is 9.11. The van der Waals surface area contributed by atoms with Gasteiger partial charge in [0, 0.05) is 32.5 Å². The van der Waals surface area contributed by atoms with Crippen molar-refractivity contribution in [1.29, 1.82) is 5.26 Å². The van der Waals surface area contributed by atoms with Gasteiger partial charge in [0.2, 0.25) is 0 Å². The highest BCUT2D eigenvalue weighted by Crippen LogP contribution is 2.31. The summed E-state index contributed by atoms with van der Waals surface area (Å²) in [6.45, 7) is 10.3. The maximum Gasteiger partial charge on any atom is 0.189 e. The van der Waals surface area contributed by atoms with E-state index in [0.717, 1.165) is 54.2 Å². The Morgan fingerprint density at radius 1 is 1.06 bits per heavy atom. The van der Waals surface area contributed by atoms with E-state index in [-0.39, 0.29) is 12.9 Å². The van der Waals surface area contributed by atoms with Gasteiger partial charge in [-0.15, -0.1) is 0 Å². The van der Waals surface area contributed by atoms with Crippen LogP contribution >= 0.6 is 0 Å². The smallest absolute Gasteiger partial charge is 0.189 e. The van der Waals surface area contributed by atoms with E-state index in [1.807, 2.05) is 24.3 Å². The molecule has 3 aromatic carbocycles. The molecule has 6 heteroatoms. The number of fused-ring (bicyclic) bond motifs is 1. The Balaban J connectivity index is 1.43. The number of nitriles is 1. The van der Waals surface area contributed by atoms with Crippen LogP contribution in [0.1, 0.15) is 29.0 Å². The van der Waals surface area contributed by atoms with Crippen molar-refractivity contribution in [3.05, 3.63) is 77.4 Å². The van der Waals surface area contributed by atoms with E-state index in [2.05, 4.69) is 67.4 Å². The predicted molar refractivity (Wildman–Crippen MR) is 144 cm³/mol. The third kappa shape index (κ3) is 7.15. The normalized spacial score (nSPS) is 18.3. The van der Waals surface area contributed by atoms with Gasteiger partial charge in [-0.05, 0) is 59.8 Å². The van der Waals surface area contributed by atoms with Crippen molar-refractivity contribution in [1.82, 2.24) is 5.32 Å². The van der Waals surface area contributed by atoms with Crippen molar-refractivity contribution >= 4 is 18.8 Å². The third-order valence-corrected chi connectivity index (χ3v) is 8.24. The predicted octanol–water partition coefficient (Wildman–Crippen LogP) is 6.06. The molecule has 5 nitrogen and oxygen atoms in total. The molecule has 0 aliphatic carbocycles. The lowest BCUT2D eigenvalue weighted by atomic mass is 9.87. The summed E-state index contributed by atoms with van der Waals surface area (Å²) < 4.78 is 18.3. The molecule has 0 aromatic heterocycles. The molecule has 3 aromatic rings. The van der Waals surface area contributed by atoms with Crippen molar-refractivity contribution in [3.8, 4) is 11.8 Å². The van der Waals surface area contributed by atoms with E-state index in [9.17, 15) is 0 Å². The minimum Gasteiger partial charge on any atom is -0.467 e. The summed E-state index contributed by atoms with van der Waals surface area (Å²) in [4.78, 5) is 0. The molecule has 1 saturated heterocycles. The number of piperidine rings is 1. The lowest BCUT2D eigenvalue weighted by molar-refractivity contribution is 0.00982. The van der Waals surface area contributed by atoms with Crippen molar-refractivity contribution in [2.24, 2.45) is 0 Å². The summed E-state index contributed by atoms with van der Waals surface area (Å²) in [6, 6.07) is 23.8. The van der Waals surface area contributed by atoms with E-state index in [1.165, 1.54) is 5.56 Å². The molecule has 184 valence electrons. The van der Waals surface area contributed by atoms with Crippen LogP contribution in [0.3, 0.4) is 0 Å². The fourth-order valence-electron chi connectivity index (χ4n) is 4.47. The van der Waals surface area contributed by atoms with E-state index in [1.54, 1.807) is 0 Å². The van der Waals surface area contributed by atoms with Crippen molar-refractivity contribution in [3.63, 3.8) is 0 Å². The van der Waals surface area contributed by atoms with Gasteiger partial charge in [-0.1, -0.05) is 56.0 Å². The molecule has 0 spiro atoms. The molecule has 0 bridgehead atoms. The Bertz CT molecular complexity index is 1150. The van der Waals surface area contributed by atoms with Crippen LogP contribution in [0.5, 0.6) is 5.75 Å². The van der Waals surface area contributed by atoms with Gasteiger partial charge in [-0.25, -0.2) is 0 Å². The van der Waals surface area contributed by atoms with Crippen molar-refractivity contribution < 1.29 is 14.2 Å². The summed E-state index contributed by atoms with van der Waals surface area (Å²) in [5, 5.41) is 14.8. The summed E-state index contributed by atoms with van der Waals surface area (Å²) in [5.74, 6) is 1.14. The molecular formula is C29H36N2O3Si. The monoisotopic (exact) mass is 488 g/mol. The van der Waals surface area contributed by atoms with Crippen LogP contribution in [0.4, 0.5) is 0 Å².